The third-order valence-electron chi connectivity index (χ3n) is 13.1. The van der Waals surface area contributed by atoms with Crippen LogP contribution in [0.25, 0.3) is 0 Å². The zero-order chi connectivity index (χ0) is 48.0. The van der Waals surface area contributed by atoms with Gasteiger partial charge in [0.05, 0.1) is 31.3 Å². The Bertz CT molecular complexity index is 1170. The van der Waals surface area contributed by atoms with Gasteiger partial charge in [-0.1, -0.05) is 212 Å². The van der Waals surface area contributed by atoms with Gasteiger partial charge in [0.15, 0.2) is 0 Å². The number of unbranched alkanes of at least 4 members (excludes halogenated alkanes) is 30. The highest BCUT2D eigenvalue weighted by Gasteiger charge is 2.51. The van der Waals surface area contributed by atoms with E-state index in [1.54, 1.807) is 0 Å². The average Bonchev–Trinajstić information content (AvgIpc) is 3.28. The Kier molecular flexibility index (Phi) is 39.0. The van der Waals surface area contributed by atoms with Gasteiger partial charge in [0.2, 0.25) is 5.91 Å². The van der Waals surface area contributed by atoms with Crippen molar-refractivity contribution in [3.63, 3.8) is 0 Å². The van der Waals surface area contributed by atoms with Crippen molar-refractivity contribution >= 4 is 13.7 Å². The SMILES string of the molecule is CCCCCCCCCCC/C=C\CCCCCCCC(O)CC(=O)NC(COP(=O)(O)OC1C(O)C(O)C(O)C(O)C1O)C(O)CCCCCCCCCCCCCCCCCCC. The van der Waals surface area contributed by atoms with Crippen LogP contribution in [0.4, 0.5) is 0 Å². The lowest BCUT2D eigenvalue weighted by atomic mass is 9.85. The fraction of sp³-hybridized carbons (Fsp3) is 0.941. The number of hydrogen-bond donors (Lipinski definition) is 9. The van der Waals surface area contributed by atoms with Crippen molar-refractivity contribution in [1.29, 1.82) is 0 Å². The van der Waals surface area contributed by atoms with Crippen LogP contribution in [-0.2, 0) is 18.4 Å². The molecule has 0 heterocycles. The Hall–Kier alpha value is -0.960. The molecule has 0 aromatic rings. The molecule has 14 heteroatoms. The van der Waals surface area contributed by atoms with E-state index in [0.717, 1.165) is 70.6 Å². The number of rotatable bonds is 45. The van der Waals surface area contributed by atoms with Gasteiger partial charge in [0, 0.05) is 0 Å². The molecular formula is C51H100NO12P. The number of aliphatic hydroxyl groups excluding tert-OH is 7. The monoisotopic (exact) mass is 950 g/mol. The van der Waals surface area contributed by atoms with Crippen LogP contribution in [0.15, 0.2) is 12.2 Å². The Morgan fingerprint density at radius 1 is 0.523 bits per heavy atom. The number of amides is 1. The number of allylic oxidation sites excluding steroid dienone is 2. The summed E-state index contributed by atoms with van der Waals surface area (Å²) in [6, 6.07) is -1.15. The summed E-state index contributed by atoms with van der Waals surface area (Å²) in [5.74, 6) is -0.561. The lowest BCUT2D eigenvalue weighted by molar-refractivity contribution is -0.220. The van der Waals surface area contributed by atoms with Crippen LogP contribution >= 0.6 is 7.82 Å². The van der Waals surface area contributed by atoms with Crippen LogP contribution in [-0.4, -0.2) is 108 Å². The maximum atomic E-state index is 13.1. The fourth-order valence-electron chi connectivity index (χ4n) is 8.77. The molecular weight excluding hydrogens is 850 g/mol. The van der Waals surface area contributed by atoms with Gasteiger partial charge < -0.3 is 46.0 Å². The molecule has 1 amide bonds. The van der Waals surface area contributed by atoms with Crippen LogP contribution in [0.1, 0.15) is 245 Å². The summed E-state index contributed by atoms with van der Waals surface area (Å²) in [7, 11) is -5.12. The molecule has 0 bridgehead atoms. The van der Waals surface area contributed by atoms with Crippen LogP contribution in [0, 0.1) is 0 Å². The van der Waals surface area contributed by atoms with E-state index in [0.29, 0.717) is 12.8 Å². The number of phosphoric ester groups is 1. The van der Waals surface area contributed by atoms with E-state index < -0.39 is 75.2 Å². The molecule has 1 aliphatic rings. The van der Waals surface area contributed by atoms with E-state index >= 15 is 0 Å². The number of carbonyl (C=O) groups is 1. The molecule has 386 valence electrons. The number of phosphoric acid groups is 1. The van der Waals surface area contributed by atoms with Gasteiger partial charge in [-0.3, -0.25) is 13.8 Å². The molecule has 0 aliphatic heterocycles. The van der Waals surface area contributed by atoms with Crippen molar-refractivity contribution < 1.29 is 59.0 Å². The maximum absolute atomic E-state index is 13.1. The van der Waals surface area contributed by atoms with Gasteiger partial charge in [0.25, 0.3) is 0 Å². The Labute approximate surface area is 395 Å². The van der Waals surface area contributed by atoms with Gasteiger partial charge >= 0.3 is 7.82 Å². The van der Waals surface area contributed by atoms with Crippen LogP contribution in [0.2, 0.25) is 0 Å². The van der Waals surface area contributed by atoms with Crippen LogP contribution < -0.4 is 5.32 Å². The predicted molar refractivity (Wildman–Crippen MR) is 261 cm³/mol. The lowest BCUT2D eigenvalue weighted by Gasteiger charge is -2.41. The molecule has 0 radical (unpaired) electrons. The van der Waals surface area contributed by atoms with E-state index in [-0.39, 0.29) is 12.8 Å². The Balaban J connectivity index is 2.45. The zero-order valence-electron chi connectivity index (χ0n) is 41.2. The number of carbonyl (C=O) groups excluding carboxylic acids is 1. The molecule has 1 fully saturated rings. The van der Waals surface area contributed by atoms with Crippen molar-refractivity contribution in [2.45, 2.75) is 300 Å². The molecule has 1 aliphatic carbocycles. The van der Waals surface area contributed by atoms with E-state index in [1.807, 2.05) is 0 Å². The molecule has 65 heavy (non-hydrogen) atoms. The molecule has 8 unspecified atom stereocenters. The molecule has 1 rings (SSSR count). The summed E-state index contributed by atoms with van der Waals surface area (Å²) in [4.78, 5) is 23.6. The molecule has 0 saturated heterocycles. The molecule has 13 nitrogen and oxygen atoms in total. The second kappa shape index (κ2) is 40.9. The normalized spacial score (nSPS) is 22.6. The van der Waals surface area contributed by atoms with E-state index in [2.05, 4.69) is 31.3 Å². The summed E-state index contributed by atoms with van der Waals surface area (Å²) >= 11 is 0. The highest BCUT2D eigenvalue weighted by Crippen LogP contribution is 2.47. The van der Waals surface area contributed by atoms with E-state index in [4.69, 9.17) is 9.05 Å². The van der Waals surface area contributed by atoms with E-state index in [1.165, 1.54) is 135 Å². The highest BCUT2D eigenvalue weighted by molar-refractivity contribution is 7.47. The first kappa shape index (κ1) is 62.1. The molecule has 1 saturated carbocycles. The lowest BCUT2D eigenvalue weighted by Crippen LogP contribution is -2.64. The van der Waals surface area contributed by atoms with Gasteiger partial charge in [-0.25, -0.2) is 4.57 Å². The van der Waals surface area contributed by atoms with Crippen molar-refractivity contribution in [3.8, 4) is 0 Å². The Morgan fingerprint density at radius 2 is 0.862 bits per heavy atom. The quantitative estimate of drug-likeness (QED) is 0.0158. The summed E-state index contributed by atoms with van der Waals surface area (Å²) in [6.07, 6.45) is 31.0. The minimum Gasteiger partial charge on any atom is -0.393 e. The third-order valence-corrected chi connectivity index (χ3v) is 14.1. The standard InChI is InChI=1S/C51H100NO12P/c1-3-5-7-9-11-13-15-17-19-21-23-24-26-28-30-32-34-36-38-42(53)40-45(55)52-43(41-63-65(61,62)64-51-49(59)47(57)46(56)48(58)50(51)60)44(54)39-37-35-33-31-29-27-25-22-20-18-16-14-12-10-8-6-4-2/h23-24,42-44,46-51,53-54,56-60H,3-22,25-41H2,1-2H3,(H,52,55)(H,61,62)/b24-23-. The Morgan fingerprint density at radius 3 is 1.26 bits per heavy atom. The van der Waals surface area contributed by atoms with Gasteiger partial charge in [-0.05, 0) is 38.5 Å². The average molecular weight is 950 g/mol. The minimum absolute atomic E-state index is 0.224. The zero-order valence-corrected chi connectivity index (χ0v) is 42.1. The first-order valence-corrected chi connectivity index (χ1v) is 28.2. The van der Waals surface area contributed by atoms with Crippen molar-refractivity contribution in [3.05, 3.63) is 12.2 Å². The topological polar surface area (TPSA) is 226 Å². The van der Waals surface area contributed by atoms with Crippen molar-refractivity contribution in [2.75, 3.05) is 6.61 Å². The molecule has 8 atom stereocenters. The molecule has 9 N–H and O–H groups in total. The fourth-order valence-corrected chi connectivity index (χ4v) is 9.74. The van der Waals surface area contributed by atoms with Gasteiger partial charge in [-0.15, -0.1) is 0 Å². The summed E-state index contributed by atoms with van der Waals surface area (Å²) in [6.45, 7) is 3.82. The smallest absolute Gasteiger partial charge is 0.393 e. The minimum atomic E-state index is -5.12. The third kappa shape index (κ3) is 32.5. The largest absolute Gasteiger partial charge is 0.472 e. The second-order valence-corrected chi connectivity index (χ2v) is 20.7. The molecule has 0 aromatic carbocycles. The number of aliphatic hydroxyl groups is 7. The van der Waals surface area contributed by atoms with Gasteiger partial charge in [-0.2, -0.15) is 0 Å². The second-order valence-electron chi connectivity index (χ2n) is 19.3. The van der Waals surface area contributed by atoms with Gasteiger partial charge in [0.1, 0.15) is 36.6 Å². The predicted octanol–water partition coefficient (Wildman–Crippen LogP) is 10.2. The summed E-state index contributed by atoms with van der Waals surface area (Å²) < 4.78 is 23.0. The van der Waals surface area contributed by atoms with Crippen LogP contribution in [0.5, 0.6) is 0 Å². The van der Waals surface area contributed by atoms with E-state index in [9.17, 15) is 50.0 Å². The molecule has 0 spiro atoms. The van der Waals surface area contributed by atoms with Crippen molar-refractivity contribution in [1.82, 2.24) is 5.32 Å². The summed E-state index contributed by atoms with van der Waals surface area (Å²) in [5, 5.41) is 74.9. The number of nitrogens with one attached hydrogen (secondary N) is 1. The highest BCUT2D eigenvalue weighted by atomic mass is 31.2. The van der Waals surface area contributed by atoms with Crippen LogP contribution in [0.3, 0.4) is 0 Å². The maximum Gasteiger partial charge on any atom is 0.472 e. The number of hydrogen-bond acceptors (Lipinski definition) is 11. The first-order valence-electron chi connectivity index (χ1n) is 26.7. The van der Waals surface area contributed by atoms with Crippen molar-refractivity contribution in [2.24, 2.45) is 0 Å². The molecule has 0 aromatic heterocycles. The summed E-state index contributed by atoms with van der Waals surface area (Å²) in [5.41, 5.74) is 0. The first-order chi connectivity index (χ1) is 31.3.